The predicted molar refractivity (Wildman–Crippen MR) is 83.7 cm³/mol. The van der Waals surface area contributed by atoms with Crippen molar-refractivity contribution in [2.75, 3.05) is 32.8 Å². The van der Waals surface area contributed by atoms with Crippen molar-refractivity contribution in [3.8, 4) is 0 Å². The number of hydrogen-bond acceptors (Lipinski definition) is 3. The van der Waals surface area contributed by atoms with Gasteiger partial charge in [-0.2, -0.15) is 0 Å². The van der Waals surface area contributed by atoms with Crippen LogP contribution < -0.4 is 5.32 Å². The molecule has 2 rings (SSSR count). The van der Waals surface area contributed by atoms with E-state index in [0.29, 0.717) is 5.92 Å². The highest BCUT2D eigenvalue weighted by molar-refractivity contribution is 5.21. The highest BCUT2D eigenvalue weighted by Crippen LogP contribution is 2.22. The van der Waals surface area contributed by atoms with Gasteiger partial charge in [-0.3, -0.25) is 0 Å². The van der Waals surface area contributed by atoms with E-state index in [2.05, 4.69) is 17.1 Å². The first-order valence-corrected chi connectivity index (χ1v) is 8.05. The largest absolute Gasteiger partial charge is 0.396 e. The summed E-state index contributed by atoms with van der Waals surface area (Å²) in [5, 5.41) is 12.7. The van der Waals surface area contributed by atoms with Gasteiger partial charge in [-0.15, -0.1) is 0 Å². The lowest BCUT2D eigenvalue weighted by Gasteiger charge is -2.33. The third-order valence-corrected chi connectivity index (χ3v) is 4.33. The maximum Gasteiger partial charge on any atom is 0.127 e. The molecule has 21 heavy (non-hydrogen) atoms. The van der Waals surface area contributed by atoms with Gasteiger partial charge in [-0.25, -0.2) is 4.39 Å². The summed E-state index contributed by atoms with van der Waals surface area (Å²) in [5.74, 6) is 0.278. The van der Waals surface area contributed by atoms with Gasteiger partial charge in [0.1, 0.15) is 5.82 Å². The quantitative estimate of drug-likeness (QED) is 0.811. The summed E-state index contributed by atoms with van der Waals surface area (Å²) in [6.45, 7) is 6.16. The summed E-state index contributed by atoms with van der Waals surface area (Å²) >= 11 is 0. The standard InChI is InChI=1S/C17H27FN2O/c1-2-19-17(15-7-3-4-8-16(15)18)9-11-20-10-5-6-14(12-20)13-21/h3-4,7-8,14,17,19,21H,2,5-6,9-13H2,1H3. The fourth-order valence-electron chi connectivity index (χ4n) is 3.19. The average Bonchev–Trinajstić information content (AvgIpc) is 2.52. The predicted octanol–water partition coefficient (Wildman–Crippen LogP) is 2.57. The van der Waals surface area contributed by atoms with Gasteiger partial charge < -0.3 is 15.3 Å². The van der Waals surface area contributed by atoms with E-state index in [-0.39, 0.29) is 18.5 Å². The fraction of sp³-hybridized carbons (Fsp3) is 0.647. The lowest BCUT2D eigenvalue weighted by molar-refractivity contribution is 0.117. The number of nitrogens with one attached hydrogen (secondary N) is 1. The maximum absolute atomic E-state index is 14.0. The molecule has 1 heterocycles. The van der Waals surface area contributed by atoms with Crippen molar-refractivity contribution >= 4 is 0 Å². The Balaban J connectivity index is 1.92. The van der Waals surface area contributed by atoms with Crippen LogP contribution in [0.25, 0.3) is 0 Å². The molecular formula is C17H27FN2O. The van der Waals surface area contributed by atoms with Crippen molar-refractivity contribution in [2.24, 2.45) is 5.92 Å². The summed E-state index contributed by atoms with van der Waals surface area (Å²) in [6.07, 6.45) is 3.17. The van der Waals surface area contributed by atoms with E-state index in [1.165, 1.54) is 6.07 Å². The zero-order valence-corrected chi connectivity index (χ0v) is 12.9. The number of piperidine rings is 1. The van der Waals surface area contributed by atoms with Crippen molar-refractivity contribution in [3.05, 3.63) is 35.6 Å². The Labute approximate surface area is 127 Å². The molecule has 1 aliphatic heterocycles. The summed E-state index contributed by atoms with van der Waals surface area (Å²) in [4.78, 5) is 2.40. The lowest BCUT2D eigenvalue weighted by atomic mass is 9.97. The number of aliphatic hydroxyl groups excluding tert-OH is 1. The van der Waals surface area contributed by atoms with E-state index in [0.717, 1.165) is 51.0 Å². The zero-order valence-electron chi connectivity index (χ0n) is 12.9. The third kappa shape index (κ3) is 4.77. The van der Waals surface area contributed by atoms with E-state index in [9.17, 15) is 9.50 Å². The topological polar surface area (TPSA) is 35.5 Å². The van der Waals surface area contributed by atoms with Crippen LogP contribution in [0.4, 0.5) is 4.39 Å². The molecule has 2 N–H and O–H groups in total. The highest BCUT2D eigenvalue weighted by Gasteiger charge is 2.21. The van der Waals surface area contributed by atoms with Crippen molar-refractivity contribution in [1.82, 2.24) is 10.2 Å². The summed E-state index contributed by atoms with van der Waals surface area (Å²) in [6, 6.07) is 7.09. The molecule has 0 aromatic heterocycles. The van der Waals surface area contributed by atoms with Gasteiger partial charge in [-0.05, 0) is 50.9 Å². The van der Waals surface area contributed by atoms with Crippen LogP contribution in [0.5, 0.6) is 0 Å². The molecule has 1 aromatic carbocycles. The maximum atomic E-state index is 14.0. The molecule has 0 spiro atoms. The first-order chi connectivity index (χ1) is 10.2. The molecule has 0 aliphatic carbocycles. The fourth-order valence-corrected chi connectivity index (χ4v) is 3.19. The molecule has 0 radical (unpaired) electrons. The van der Waals surface area contributed by atoms with Crippen LogP contribution in [0, 0.1) is 11.7 Å². The van der Waals surface area contributed by atoms with Crippen molar-refractivity contribution < 1.29 is 9.50 Å². The van der Waals surface area contributed by atoms with Gasteiger partial charge >= 0.3 is 0 Å². The Bertz CT molecular complexity index is 427. The number of likely N-dealkylation sites (tertiary alicyclic amines) is 1. The molecule has 2 unspecified atom stereocenters. The van der Waals surface area contributed by atoms with Gasteiger partial charge in [0.05, 0.1) is 0 Å². The van der Waals surface area contributed by atoms with Crippen LogP contribution in [0.1, 0.15) is 37.8 Å². The summed E-state index contributed by atoms with van der Waals surface area (Å²) in [5.41, 5.74) is 0.759. The van der Waals surface area contributed by atoms with E-state index in [4.69, 9.17) is 0 Å². The Morgan fingerprint density at radius 3 is 2.95 bits per heavy atom. The SMILES string of the molecule is CCNC(CCN1CCCC(CO)C1)c1ccccc1F. The molecule has 0 saturated carbocycles. The number of rotatable bonds is 7. The molecule has 2 atom stereocenters. The normalized spacial score (nSPS) is 21.4. The van der Waals surface area contributed by atoms with Crippen molar-refractivity contribution in [2.45, 2.75) is 32.2 Å². The number of nitrogens with zero attached hydrogens (tertiary/aromatic N) is 1. The molecule has 118 valence electrons. The number of aliphatic hydroxyl groups is 1. The van der Waals surface area contributed by atoms with Crippen molar-refractivity contribution in [1.29, 1.82) is 0 Å². The molecule has 1 aliphatic rings. The minimum Gasteiger partial charge on any atom is -0.396 e. The van der Waals surface area contributed by atoms with Crippen LogP contribution in [0.3, 0.4) is 0 Å². The Kier molecular flexibility index (Phi) is 6.61. The van der Waals surface area contributed by atoms with Crippen LogP contribution in [-0.2, 0) is 0 Å². The van der Waals surface area contributed by atoms with Gasteiger partial charge in [-0.1, -0.05) is 25.1 Å². The third-order valence-electron chi connectivity index (χ3n) is 4.33. The highest BCUT2D eigenvalue weighted by atomic mass is 19.1. The lowest BCUT2D eigenvalue weighted by Crippen LogP contribution is -2.38. The van der Waals surface area contributed by atoms with E-state index < -0.39 is 0 Å². The van der Waals surface area contributed by atoms with E-state index in [1.807, 2.05) is 12.1 Å². The molecular weight excluding hydrogens is 267 g/mol. The molecule has 4 heteroatoms. The molecule has 0 bridgehead atoms. The van der Waals surface area contributed by atoms with Gasteiger partial charge in [0.2, 0.25) is 0 Å². The number of hydrogen-bond donors (Lipinski definition) is 2. The van der Waals surface area contributed by atoms with E-state index in [1.54, 1.807) is 6.07 Å². The molecule has 0 amide bonds. The Hall–Kier alpha value is -0.970. The van der Waals surface area contributed by atoms with Crippen molar-refractivity contribution in [3.63, 3.8) is 0 Å². The minimum atomic E-state index is -0.129. The van der Waals surface area contributed by atoms with Crippen LogP contribution in [-0.4, -0.2) is 42.8 Å². The summed E-state index contributed by atoms with van der Waals surface area (Å²) < 4.78 is 14.0. The van der Waals surface area contributed by atoms with Gasteiger partial charge in [0, 0.05) is 24.8 Å². The van der Waals surface area contributed by atoms with Crippen LogP contribution in [0.15, 0.2) is 24.3 Å². The molecule has 1 aromatic rings. The average molecular weight is 294 g/mol. The second kappa shape index (κ2) is 8.47. The second-order valence-corrected chi connectivity index (χ2v) is 5.91. The van der Waals surface area contributed by atoms with E-state index >= 15 is 0 Å². The first-order valence-electron chi connectivity index (χ1n) is 8.05. The van der Waals surface area contributed by atoms with Crippen LogP contribution in [0.2, 0.25) is 0 Å². The molecule has 3 nitrogen and oxygen atoms in total. The zero-order chi connectivity index (χ0) is 15.1. The van der Waals surface area contributed by atoms with Gasteiger partial charge in [0.25, 0.3) is 0 Å². The monoisotopic (exact) mass is 294 g/mol. The number of halogens is 1. The Morgan fingerprint density at radius 2 is 2.24 bits per heavy atom. The minimum absolute atomic E-state index is 0.0608. The smallest absolute Gasteiger partial charge is 0.127 e. The first kappa shape index (κ1) is 16.4. The molecule has 1 fully saturated rings. The van der Waals surface area contributed by atoms with Gasteiger partial charge in [0.15, 0.2) is 0 Å². The number of benzene rings is 1. The summed E-state index contributed by atoms with van der Waals surface area (Å²) in [7, 11) is 0. The Morgan fingerprint density at radius 1 is 1.43 bits per heavy atom. The van der Waals surface area contributed by atoms with Crippen LogP contribution >= 0.6 is 0 Å². The second-order valence-electron chi connectivity index (χ2n) is 5.91. The molecule has 1 saturated heterocycles.